The molecule has 13 heteroatoms. The summed E-state index contributed by atoms with van der Waals surface area (Å²) in [5.74, 6) is -2.67. The minimum absolute atomic E-state index is 0. The summed E-state index contributed by atoms with van der Waals surface area (Å²) in [6, 6.07) is 18.7. The van der Waals surface area contributed by atoms with Crippen LogP contribution in [0.1, 0.15) is 22.3 Å². The second-order valence-electron chi connectivity index (χ2n) is 6.63. The Labute approximate surface area is 305 Å². The first-order chi connectivity index (χ1) is 15.7. The SMILES string of the molecule is NCC(=O)[O-].NCC(=O)[O-].[Ca+2].[Ca+2].[Ca+2].[O-]c1ccccc1Cc1cccc(Cc2ccccc2[O-])c1[O-].[OH-]. The van der Waals surface area contributed by atoms with Crippen LogP contribution in [-0.4, -0.2) is 144 Å². The van der Waals surface area contributed by atoms with Crippen molar-refractivity contribution in [3.63, 3.8) is 0 Å². The van der Waals surface area contributed by atoms with Crippen LogP contribution in [0, 0.1) is 0 Å². The predicted molar refractivity (Wildman–Crippen MR) is 131 cm³/mol. The number of carbonyl (C=O) groups is 2. The molecule has 0 unspecified atom stereocenters. The zero-order valence-corrected chi connectivity index (χ0v) is 26.9. The number of benzene rings is 3. The van der Waals surface area contributed by atoms with Crippen molar-refractivity contribution >= 4 is 125 Å². The molecular weight excluding hydrogens is 565 g/mol. The van der Waals surface area contributed by atoms with Crippen LogP contribution in [0.25, 0.3) is 0 Å². The summed E-state index contributed by atoms with van der Waals surface area (Å²) in [6.07, 6.45) is 0.622. The second kappa shape index (κ2) is 24.7. The summed E-state index contributed by atoms with van der Waals surface area (Å²) in [5.41, 5.74) is 11.4. The van der Waals surface area contributed by atoms with Gasteiger partial charge in [-0.2, -0.15) is 0 Å². The minimum atomic E-state index is -1.22. The molecule has 0 saturated carbocycles. The standard InChI is InChI=1S/C20H18O3.2C2H5NO2.3Ca.H2O/c21-18-10-3-1-6-14(18)12-16-8-5-9-17(20(16)23)13-15-7-2-4-11-19(15)22;2*3-1-2(4)5;;;;/h1-11,21-23H,12-13H2;2*1,3H2,(H,4,5);;;;1H2/q;;;3*+2;/p-6. The summed E-state index contributed by atoms with van der Waals surface area (Å²) in [4.78, 5) is 18.3. The molecule has 184 valence electrons. The first-order valence-corrected chi connectivity index (χ1v) is 9.77. The van der Waals surface area contributed by atoms with Gasteiger partial charge in [0.25, 0.3) is 0 Å². The van der Waals surface area contributed by atoms with Crippen molar-refractivity contribution in [3.8, 4) is 17.2 Å². The van der Waals surface area contributed by atoms with E-state index in [1.54, 1.807) is 54.6 Å². The van der Waals surface area contributed by atoms with Crippen molar-refractivity contribution in [2.75, 3.05) is 13.1 Å². The van der Waals surface area contributed by atoms with Crippen molar-refractivity contribution in [2.24, 2.45) is 11.5 Å². The van der Waals surface area contributed by atoms with Gasteiger partial charge in [-0.25, -0.2) is 0 Å². The molecule has 0 bridgehead atoms. The van der Waals surface area contributed by atoms with Crippen LogP contribution >= 0.6 is 0 Å². The van der Waals surface area contributed by atoms with E-state index in [1.807, 2.05) is 0 Å². The van der Waals surface area contributed by atoms with Crippen molar-refractivity contribution in [3.05, 3.63) is 89.0 Å². The van der Waals surface area contributed by atoms with Crippen LogP contribution in [0.5, 0.6) is 17.2 Å². The van der Waals surface area contributed by atoms with E-state index in [0.717, 1.165) is 0 Å². The van der Waals surface area contributed by atoms with Gasteiger partial charge in [0.2, 0.25) is 0 Å². The molecule has 0 fully saturated rings. The van der Waals surface area contributed by atoms with Crippen LogP contribution in [0.4, 0.5) is 0 Å². The number of para-hydroxylation sites is 3. The molecule has 0 amide bonds. The van der Waals surface area contributed by atoms with Crippen molar-refractivity contribution in [2.45, 2.75) is 12.8 Å². The van der Waals surface area contributed by atoms with Crippen molar-refractivity contribution < 1.29 is 40.6 Å². The smallest absolute Gasteiger partial charge is 0.872 e. The molecule has 3 aromatic rings. The Balaban J connectivity index is -0.000000336. The van der Waals surface area contributed by atoms with Gasteiger partial charge < -0.3 is 52.1 Å². The van der Waals surface area contributed by atoms with Gasteiger partial charge in [-0.05, 0) is 12.8 Å². The number of hydrogen-bond donors (Lipinski definition) is 2. The van der Waals surface area contributed by atoms with Gasteiger partial charge in [0.05, 0.1) is 11.9 Å². The van der Waals surface area contributed by atoms with E-state index < -0.39 is 11.9 Å². The van der Waals surface area contributed by atoms with Crippen LogP contribution in [0.3, 0.4) is 0 Å². The normalized spacial score (nSPS) is 8.59. The van der Waals surface area contributed by atoms with Gasteiger partial charge in [-0.3, -0.25) is 0 Å². The topological polar surface area (TPSA) is 231 Å². The number of carboxylic acid groups (broad SMARTS) is 2. The van der Waals surface area contributed by atoms with Crippen LogP contribution in [-0.2, 0) is 22.4 Å². The number of carbonyl (C=O) groups excluding carboxylic acids is 2. The van der Waals surface area contributed by atoms with Gasteiger partial charge in [0.1, 0.15) is 0 Å². The van der Waals surface area contributed by atoms with E-state index in [9.17, 15) is 15.3 Å². The number of nitrogens with two attached hydrogens (primary N) is 2. The molecule has 0 heterocycles. The van der Waals surface area contributed by atoms with E-state index in [2.05, 4.69) is 11.5 Å². The van der Waals surface area contributed by atoms with Gasteiger partial charge in [0.15, 0.2) is 0 Å². The van der Waals surface area contributed by atoms with Crippen LogP contribution < -0.4 is 37.0 Å². The Hall–Kier alpha value is -0.341. The summed E-state index contributed by atoms with van der Waals surface area (Å²) in [6.45, 7) is -0.778. The maximum absolute atomic E-state index is 12.6. The molecule has 0 radical (unpaired) electrons. The number of hydrogen-bond acceptors (Lipinski definition) is 10. The Bertz CT molecular complexity index is 992. The zero-order valence-electron chi connectivity index (χ0n) is 20.3. The maximum Gasteiger partial charge on any atom is 2.00 e. The fraction of sp³-hybridized carbons (Fsp3) is 0.167. The summed E-state index contributed by atoms with van der Waals surface area (Å²) < 4.78 is 0. The van der Waals surface area contributed by atoms with Crippen LogP contribution in [0.15, 0.2) is 66.7 Å². The van der Waals surface area contributed by atoms with E-state index in [4.69, 9.17) is 19.8 Å². The minimum Gasteiger partial charge on any atom is -0.872 e. The van der Waals surface area contributed by atoms with Crippen molar-refractivity contribution in [1.82, 2.24) is 0 Å². The zero-order chi connectivity index (χ0) is 24.8. The fourth-order valence-electron chi connectivity index (χ4n) is 2.63. The Kier molecular flexibility index (Phi) is 29.2. The molecule has 0 atom stereocenters. The molecule has 3 aromatic carbocycles. The molecule has 37 heavy (non-hydrogen) atoms. The second-order valence-corrected chi connectivity index (χ2v) is 6.63. The molecule has 0 aliphatic rings. The number of aliphatic carboxylic acids is 2. The molecule has 0 aromatic heterocycles. The predicted octanol–water partition coefficient (Wildman–Crippen LogP) is -3.84. The third kappa shape index (κ3) is 17.8. The maximum atomic E-state index is 12.6. The summed E-state index contributed by atoms with van der Waals surface area (Å²) >= 11 is 0. The van der Waals surface area contributed by atoms with Gasteiger partial charge in [-0.15, -0.1) is 17.2 Å². The Morgan fingerprint density at radius 1 is 0.568 bits per heavy atom. The third-order valence-corrected chi connectivity index (χ3v) is 4.22. The van der Waals surface area contributed by atoms with E-state index in [0.29, 0.717) is 35.1 Å². The number of carboxylic acids is 2. The molecule has 10 nitrogen and oxygen atoms in total. The molecule has 0 aliphatic carbocycles. The average molecular weight is 589 g/mol. The Morgan fingerprint density at radius 2 is 0.838 bits per heavy atom. The Morgan fingerprint density at radius 3 is 1.11 bits per heavy atom. The molecular formula is C24H24Ca3N2O8. The third-order valence-electron chi connectivity index (χ3n) is 4.22. The summed E-state index contributed by atoms with van der Waals surface area (Å²) in [5, 5.41) is 54.5. The van der Waals surface area contributed by atoms with Gasteiger partial charge in [-0.1, -0.05) is 89.0 Å². The first kappa shape index (κ1) is 43.7. The monoisotopic (exact) mass is 588 g/mol. The van der Waals surface area contributed by atoms with Crippen molar-refractivity contribution in [1.29, 1.82) is 0 Å². The molecule has 5 N–H and O–H groups in total. The fourth-order valence-corrected chi connectivity index (χ4v) is 2.63. The molecule has 0 spiro atoms. The molecule has 0 saturated heterocycles. The van der Waals surface area contributed by atoms with Gasteiger partial charge >= 0.3 is 113 Å². The summed E-state index contributed by atoms with van der Waals surface area (Å²) in [7, 11) is 0. The van der Waals surface area contributed by atoms with Crippen LogP contribution in [0.2, 0.25) is 0 Å². The van der Waals surface area contributed by atoms with Gasteiger partial charge in [0, 0.05) is 13.1 Å². The first-order valence-electron chi connectivity index (χ1n) is 9.77. The van der Waals surface area contributed by atoms with E-state index >= 15 is 0 Å². The average Bonchev–Trinajstić information content (AvgIpc) is 2.80. The van der Waals surface area contributed by atoms with E-state index in [1.165, 1.54) is 12.1 Å². The molecule has 0 aliphatic heterocycles. The molecule has 3 rings (SSSR count). The quantitative estimate of drug-likeness (QED) is 0.266. The largest absolute Gasteiger partial charge is 2.00 e. The number of rotatable bonds is 6. The van der Waals surface area contributed by atoms with E-state index in [-0.39, 0.29) is 149 Å².